The van der Waals surface area contributed by atoms with Crippen molar-refractivity contribution in [3.8, 4) is 0 Å². The molecule has 0 radical (unpaired) electrons. The van der Waals surface area contributed by atoms with E-state index in [0.717, 1.165) is 12.8 Å². The lowest BCUT2D eigenvalue weighted by Crippen LogP contribution is -2.47. The van der Waals surface area contributed by atoms with Crippen LogP contribution < -0.4 is 0 Å². The van der Waals surface area contributed by atoms with Crippen LogP contribution in [0.1, 0.15) is 32.6 Å². The Hall–Kier alpha value is -1.10. The fourth-order valence-electron chi connectivity index (χ4n) is 2.26. The Labute approximate surface area is 95.4 Å². The van der Waals surface area contributed by atoms with E-state index in [2.05, 4.69) is 0 Å². The number of aliphatic carboxylic acids is 1. The Kier molecular flexibility index (Phi) is 4.73. The number of hydrogen-bond donors (Lipinski definition) is 1. The zero-order valence-electron chi connectivity index (χ0n) is 9.81. The first-order valence-electron chi connectivity index (χ1n) is 5.68. The molecule has 1 N–H and O–H groups in total. The number of likely N-dealkylation sites (tertiary alicyclic amines) is 1. The summed E-state index contributed by atoms with van der Waals surface area (Å²) >= 11 is 0. The number of carboxylic acids is 1. The Morgan fingerprint density at radius 3 is 2.75 bits per heavy atom. The second-order valence-electron chi connectivity index (χ2n) is 4.06. The van der Waals surface area contributed by atoms with Crippen molar-refractivity contribution in [2.75, 3.05) is 13.7 Å². The molecular formula is C11H19NO4. The maximum atomic E-state index is 11.5. The van der Waals surface area contributed by atoms with Gasteiger partial charge in [-0.05, 0) is 25.8 Å². The van der Waals surface area contributed by atoms with Crippen LogP contribution in [0.4, 0.5) is 0 Å². The lowest BCUT2D eigenvalue weighted by Gasteiger charge is -2.28. The van der Waals surface area contributed by atoms with Crippen LogP contribution in [0.5, 0.6) is 0 Å². The van der Waals surface area contributed by atoms with Gasteiger partial charge in [-0.3, -0.25) is 14.5 Å². The predicted octanol–water partition coefficient (Wildman–Crippen LogP) is 0.877. The summed E-state index contributed by atoms with van der Waals surface area (Å²) in [6, 6.07) is -0.936. The van der Waals surface area contributed by atoms with Crippen molar-refractivity contribution in [3.63, 3.8) is 0 Å². The van der Waals surface area contributed by atoms with Crippen molar-refractivity contribution in [2.24, 2.45) is 0 Å². The molecular weight excluding hydrogens is 210 g/mol. The summed E-state index contributed by atoms with van der Waals surface area (Å²) in [6.07, 6.45) is 2.91. The third-order valence-electron chi connectivity index (χ3n) is 3.01. The second kappa shape index (κ2) is 5.84. The smallest absolute Gasteiger partial charge is 0.323 e. The van der Waals surface area contributed by atoms with Gasteiger partial charge in [0.15, 0.2) is 0 Å². The van der Waals surface area contributed by atoms with Crippen LogP contribution in [0.2, 0.25) is 0 Å². The first-order valence-corrected chi connectivity index (χ1v) is 5.68. The monoisotopic (exact) mass is 229 g/mol. The summed E-state index contributed by atoms with van der Waals surface area (Å²) < 4.78 is 4.70. The van der Waals surface area contributed by atoms with E-state index in [0.29, 0.717) is 19.4 Å². The molecule has 0 saturated carbocycles. The molecule has 1 heterocycles. The van der Waals surface area contributed by atoms with Crippen LogP contribution in [0.25, 0.3) is 0 Å². The second-order valence-corrected chi connectivity index (χ2v) is 4.06. The number of carbonyl (C=O) groups is 2. The summed E-state index contributed by atoms with van der Waals surface area (Å²) in [4.78, 5) is 24.4. The Balaban J connectivity index is 2.74. The van der Waals surface area contributed by atoms with E-state index in [4.69, 9.17) is 9.84 Å². The minimum absolute atomic E-state index is 0.320. The van der Waals surface area contributed by atoms with Crippen molar-refractivity contribution in [1.82, 2.24) is 4.90 Å². The molecule has 2 unspecified atom stereocenters. The molecule has 16 heavy (non-hydrogen) atoms. The quantitative estimate of drug-likeness (QED) is 0.709. The average molecular weight is 229 g/mol. The highest BCUT2D eigenvalue weighted by Gasteiger charge is 2.38. The maximum absolute atomic E-state index is 11.5. The molecule has 0 bridgehead atoms. The first-order chi connectivity index (χ1) is 7.61. The lowest BCUT2D eigenvalue weighted by molar-refractivity contribution is -0.151. The molecule has 0 aromatic heterocycles. The molecule has 2 atom stereocenters. The van der Waals surface area contributed by atoms with E-state index >= 15 is 0 Å². The number of ether oxygens (including phenoxy) is 1. The van der Waals surface area contributed by atoms with Crippen LogP contribution in [-0.4, -0.2) is 47.7 Å². The number of hydrogen-bond acceptors (Lipinski definition) is 4. The SMILES string of the molecule is CCCC(C(=O)O)N1CCCC1C(=O)OC. The highest BCUT2D eigenvalue weighted by molar-refractivity contribution is 5.79. The summed E-state index contributed by atoms with van der Waals surface area (Å²) in [7, 11) is 1.34. The Bertz CT molecular complexity index is 267. The fourth-order valence-corrected chi connectivity index (χ4v) is 2.26. The van der Waals surface area contributed by atoms with Gasteiger partial charge in [-0.1, -0.05) is 13.3 Å². The van der Waals surface area contributed by atoms with Crippen LogP contribution in [0.15, 0.2) is 0 Å². The molecule has 1 saturated heterocycles. The van der Waals surface area contributed by atoms with Crippen molar-refractivity contribution in [3.05, 3.63) is 0 Å². The first kappa shape index (κ1) is 13.0. The lowest BCUT2D eigenvalue weighted by atomic mass is 10.1. The minimum atomic E-state index is -0.849. The van der Waals surface area contributed by atoms with Gasteiger partial charge >= 0.3 is 11.9 Å². The van der Waals surface area contributed by atoms with E-state index in [9.17, 15) is 9.59 Å². The molecule has 1 rings (SSSR count). The van der Waals surface area contributed by atoms with Gasteiger partial charge in [0.05, 0.1) is 7.11 Å². The maximum Gasteiger partial charge on any atom is 0.323 e. The van der Waals surface area contributed by atoms with Gasteiger partial charge in [0, 0.05) is 0 Å². The van der Waals surface area contributed by atoms with E-state index in [-0.39, 0.29) is 12.0 Å². The standard InChI is InChI=1S/C11H19NO4/c1-3-5-8(10(13)14)12-7-4-6-9(12)11(15)16-2/h8-9H,3-7H2,1-2H3,(H,13,14). The van der Waals surface area contributed by atoms with Gasteiger partial charge in [0.2, 0.25) is 0 Å². The predicted molar refractivity (Wildman–Crippen MR) is 58.1 cm³/mol. The van der Waals surface area contributed by atoms with Gasteiger partial charge in [0.1, 0.15) is 12.1 Å². The van der Waals surface area contributed by atoms with Gasteiger partial charge in [-0.15, -0.1) is 0 Å². The summed E-state index contributed by atoms with van der Waals surface area (Å²) in [5, 5.41) is 9.14. The van der Waals surface area contributed by atoms with Gasteiger partial charge < -0.3 is 9.84 Å². The van der Waals surface area contributed by atoms with Crippen LogP contribution in [-0.2, 0) is 14.3 Å². The Morgan fingerprint density at radius 2 is 2.25 bits per heavy atom. The zero-order chi connectivity index (χ0) is 12.1. The minimum Gasteiger partial charge on any atom is -0.480 e. The largest absolute Gasteiger partial charge is 0.480 e. The van der Waals surface area contributed by atoms with Gasteiger partial charge in [-0.25, -0.2) is 0 Å². The Morgan fingerprint density at radius 1 is 1.56 bits per heavy atom. The highest BCUT2D eigenvalue weighted by Crippen LogP contribution is 2.23. The molecule has 0 amide bonds. The molecule has 0 spiro atoms. The number of nitrogens with zero attached hydrogens (tertiary/aromatic N) is 1. The number of carbonyl (C=O) groups excluding carboxylic acids is 1. The van der Waals surface area contributed by atoms with Gasteiger partial charge in [-0.2, -0.15) is 0 Å². The molecule has 1 aliphatic heterocycles. The van der Waals surface area contributed by atoms with Gasteiger partial charge in [0.25, 0.3) is 0 Å². The average Bonchev–Trinajstić information content (AvgIpc) is 2.72. The van der Waals surface area contributed by atoms with Crippen LogP contribution in [0, 0.1) is 0 Å². The summed E-state index contributed by atoms with van der Waals surface area (Å²) in [5.74, 6) is -1.17. The van der Waals surface area contributed by atoms with E-state index in [1.54, 1.807) is 4.90 Å². The van der Waals surface area contributed by atoms with Crippen LogP contribution >= 0.6 is 0 Å². The number of esters is 1. The van der Waals surface area contributed by atoms with Crippen molar-refractivity contribution < 1.29 is 19.4 Å². The third kappa shape index (κ3) is 2.72. The highest BCUT2D eigenvalue weighted by atomic mass is 16.5. The zero-order valence-corrected chi connectivity index (χ0v) is 9.81. The number of rotatable bonds is 5. The molecule has 0 aromatic rings. The number of methoxy groups -OCH3 is 1. The van der Waals surface area contributed by atoms with Crippen molar-refractivity contribution >= 4 is 11.9 Å². The van der Waals surface area contributed by atoms with E-state index in [1.807, 2.05) is 6.92 Å². The third-order valence-corrected chi connectivity index (χ3v) is 3.01. The normalized spacial score (nSPS) is 23.0. The molecule has 92 valence electrons. The van der Waals surface area contributed by atoms with E-state index < -0.39 is 12.0 Å². The molecule has 5 heteroatoms. The molecule has 1 aliphatic rings. The van der Waals surface area contributed by atoms with E-state index in [1.165, 1.54) is 7.11 Å². The summed E-state index contributed by atoms with van der Waals surface area (Å²) in [6.45, 7) is 2.61. The number of carboxylic acid groups (broad SMARTS) is 1. The van der Waals surface area contributed by atoms with Crippen molar-refractivity contribution in [2.45, 2.75) is 44.7 Å². The molecule has 5 nitrogen and oxygen atoms in total. The topological polar surface area (TPSA) is 66.8 Å². The van der Waals surface area contributed by atoms with Crippen molar-refractivity contribution in [1.29, 1.82) is 0 Å². The summed E-state index contributed by atoms with van der Waals surface area (Å²) in [5.41, 5.74) is 0. The molecule has 1 fully saturated rings. The molecule has 0 aromatic carbocycles. The van der Waals surface area contributed by atoms with Crippen LogP contribution in [0.3, 0.4) is 0 Å². The fraction of sp³-hybridized carbons (Fsp3) is 0.818. The molecule has 0 aliphatic carbocycles.